The van der Waals surface area contributed by atoms with Gasteiger partial charge in [0.1, 0.15) is 0 Å². The number of nitrogens with zero attached hydrogens (tertiary/aromatic N) is 2. The van der Waals surface area contributed by atoms with E-state index in [1.165, 1.54) is 19.4 Å². The first-order valence-electron chi connectivity index (χ1n) is 5.21. The molecule has 0 spiro atoms. The molecule has 2 rings (SSSR count). The number of hydrogen-bond donors (Lipinski definition) is 1. The predicted octanol–water partition coefficient (Wildman–Crippen LogP) is 0.510. The maximum Gasteiger partial charge on any atom is 0.0477 e. The summed E-state index contributed by atoms with van der Waals surface area (Å²) in [5.41, 5.74) is 0. The first-order chi connectivity index (χ1) is 6.36. The van der Waals surface area contributed by atoms with Crippen molar-refractivity contribution < 1.29 is 0 Å². The fourth-order valence-corrected chi connectivity index (χ4v) is 2.41. The van der Waals surface area contributed by atoms with Crippen LogP contribution in [-0.4, -0.2) is 54.7 Å². The van der Waals surface area contributed by atoms with Crippen LogP contribution < -0.4 is 5.32 Å². The molecule has 1 unspecified atom stereocenters. The van der Waals surface area contributed by atoms with Crippen LogP contribution in [0.25, 0.3) is 0 Å². The largest absolute Gasteiger partial charge is 0.314 e. The van der Waals surface area contributed by atoms with Crippen molar-refractivity contribution >= 4 is 11.6 Å². The van der Waals surface area contributed by atoms with Gasteiger partial charge in [-0.3, -0.25) is 0 Å². The molecule has 0 aliphatic carbocycles. The summed E-state index contributed by atoms with van der Waals surface area (Å²) in [4.78, 5) is 0. The first-order valence-corrected chi connectivity index (χ1v) is 5.64. The molecule has 2 fully saturated rings. The molecule has 0 aromatic heterocycles. The summed E-state index contributed by atoms with van der Waals surface area (Å²) in [5, 5.41) is 8.61. The molecule has 0 aromatic carbocycles. The van der Waals surface area contributed by atoms with Crippen LogP contribution in [0.4, 0.5) is 0 Å². The summed E-state index contributed by atoms with van der Waals surface area (Å²) < 4.78 is 0. The molecule has 0 radical (unpaired) electrons. The van der Waals surface area contributed by atoms with Crippen molar-refractivity contribution in [2.24, 2.45) is 0 Å². The topological polar surface area (TPSA) is 18.5 Å². The fraction of sp³-hybridized carbons (Fsp3) is 1.00. The minimum atomic E-state index is 0.364. The molecule has 76 valence electrons. The van der Waals surface area contributed by atoms with E-state index in [-0.39, 0.29) is 0 Å². The number of piperidine rings is 1. The lowest BCUT2D eigenvalue weighted by Gasteiger charge is -2.41. The van der Waals surface area contributed by atoms with Crippen LogP contribution in [0.2, 0.25) is 0 Å². The molecule has 4 heteroatoms. The third kappa shape index (κ3) is 2.56. The van der Waals surface area contributed by atoms with Crippen LogP contribution in [0, 0.1) is 0 Å². The van der Waals surface area contributed by atoms with E-state index in [0.29, 0.717) is 5.38 Å². The Morgan fingerprint density at radius 3 is 2.54 bits per heavy atom. The van der Waals surface area contributed by atoms with Gasteiger partial charge in [-0.1, -0.05) is 0 Å². The SMILES string of the molecule is ClC1CCCN(N2CCNCC2)C1. The standard InChI is InChI=1S/C9H18ClN3/c10-9-2-1-5-13(8-9)12-6-3-11-4-7-12/h9,11H,1-8H2. The minimum absolute atomic E-state index is 0.364. The van der Waals surface area contributed by atoms with Crippen molar-refractivity contribution in [3.05, 3.63) is 0 Å². The lowest BCUT2D eigenvalue weighted by molar-refractivity contribution is -0.0457. The molecule has 0 saturated carbocycles. The third-order valence-electron chi connectivity index (χ3n) is 2.84. The lowest BCUT2D eigenvalue weighted by Crippen LogP contribution is -2.55. The van der Waals surface area contributed by atoms with E-state index in [9.17, 15) is 0 Å². The molecule has 1 atom stereocenters. The van der Waals surface area contributed by atoms with Crippen molar-refractivity contribution in [1.82, 2.24) is 15.3 Å². The maximum absolute atomic E-state index is 6.15. The fourth-order valence-electron chi connectivity index (χ4n) is 2.10. The van der Waals surface area contributed by atoms with Crippen LogP contribution in [0.5, 0.6) is 0 Å². The molecule has 3 nitrogen and oxygen atoms in total. The van der Waals surface area contributed by atoms with Crippen molar-refractivity contribution in [3.63, 3.8) is 0 Å². The molecule has 2 heterocycles. The molecule has 0 aromatic rings. The number of halogens is 1. The minimum Gasteiger partial charge on any atom is -0.314 e. The molecular weight excluding hydrogens is 186 g/mol. The molecule has 2 saturated heterocycles. The van der Waals surface area contributed by atoms with E-state index in [4.69, 9.17) is 11.6 Å². The van der Waals surface area contributed by atoms with Gasteiger partial charge >= 0.3 is 0 Å². The molecule has 2 aliphatic rings. The zero-order valence-electron chi connectivity index (χ0n) is 8.01. The molecule has 2 aliphatic heterocycles. The van der Waals surface area contributed by atoms with Crippen molar-refractivity contribution in [1.29, 1.82) is 0 Å². The summed E-state index contributed by atoms with van der Waals surface area (Å²) in [6.07, 6.45) is 2.43. The van der Waals surface area contributed by atoms with Gasteiger partial charge in [-0.25, -0.2) is 10.0 Å². The van der Waals surface area contributed by atoms with Gasteiger partial charge in [0.05, 0.1) is 0 Å². The Balaban J connectivity index is 1.83. The zero-order valence-corrected chi connectivity index (χ0v) is 8.76. The molecule has 13 heavy (non-hydrogen) atoms. The summed E-state index contributed by atoms with van der Waals surface area (Å²) in [5.74, 6) is 0. The van der Waals surface area contributed by atoms with E-state index in [1.54, 1.807) is 0 Å². The molecule has 1 N–H and O–H groups in total. The van der Waals surface area contributed by atoms with E-state index >= 15 is 0 Å². The lowest BCUT2D eigenvalue weighted by atomic mass is 10.1. The summed E-state index contributed by atoms with van der Waals surface area (Å²) in [7, 11) is 0. The Hall–Kier alpha value is 0.170. The highest BCUT2D eigenvalue weighted by atomic mass is 35.5. The zero-order chi connectivity index (χ0) is 9.10. The van der Waals surface area contributed by atoms with Gasteiger partial charge in [0.25, 0.3) is 0 Å². The molecule has 0 bridgehead atoms. The predicted molar refractivity (Wildman–Crippen MR) is 54.9 cm³/mol. The third-order valence-corrected chi connectivity index (χ3v) is 3.19. The second-order valence-corrected chi connectivity index (χ2v) is 4.47. The highest BCUT2D eigenvalue weighted by molar-refractivity contribution is 6.20. The van der Waals surface area contributed by atoms with Gasteiger partial charge in [0.2, 0.25) is 0 Å². The average molecular weight is 204 g/mol. The monoisotopic (exact) mass is 203 g/mol. The van der Waals surface area contributed by atoms with Gasteiger partial charge in [-0.2, -0.15) is 0 Å². The van der Waals surface area contributed by atoms with E-state index < -0.39 is 0 Å². The highest BCUT2D eigenvalue weighted by Gasteiger charge is 2.23. The maximum atomic E-state index is 6.15. The van der Waals surface area contributed by atoms with E-state index in [1.807, 2.05) is 0 Å². The van der Waals surface area contributed by atoms with E-state index in [0.717, 1.165) is 32.7 Å². The van der Waals surface area contributed by atoms with Gasteiger partial charge in [-0.05, 0) is 12.8 Å². The van der Waals surface area contributed by atoms with Crippen molar-refractivity contribution in [2.75, 3.05) is 39.3 Å². The van der Waals surface area contributed by atoms with Crippen LogP contribution in [0.1, 0.15) is 12.8 Å². The second kappa shape index (κ2) is 4.60. The number of nitrogens with one attached hydrogen (secondary N) is 1. The Kier molecular flexibility index (Phi) is 3.44. The van der Waals surface area contributed by atoms with Crippen LogP contribution >= 0.6 is 11.6 Å². The Morgan fingerprint density at radius 2 is 1.85 bits per heavy atom. The number of alkyl halides is 1. The normalized spacial score (nSPS) is 33.5. The van der Waals surface area contributed by atoms with Crippen LogP contribution in [0.3, 0.4) is 0 Å². The summed E-state index contributed by atoms with van der Waals surface area (Å²) in [6.45, 7) is 6.75. The van der Waals surface area contributed by atoms with Crippen LogP contribution in [0.15, 0.2) is 0 Å². The Morgan fingerprint density at radius 1 is 1.08 bits per heavy atom. The van der Waals surface area contributed by atoms with Crippen molar-refractivity contribution in [2.45, 2.75) is 18.2 Å². The van der Waals surface area contributed by atoms with Gasteiger partial charge < -0.3 is 5.32 Å². The van der Waals surface area contributed by atoms with Crippen LogP contribution in [-0.2, 0) is 0 Å². The number of hydrogen-bond acceptors (Lipinski definition) is 3. The molecule has 0 amide bonds. The van der Waals surface area contributed by atoms with Gasteiger partial charge in [0, 0.05) is 44.6 Å². The number of piperazine rings is 1. The Labute approximate surface area is 85.0 Å². The number of hydrazine groups is 1. The van der Waals surface area contributed by atoms with E-state index in [2.05, 4.69) is 15.3 Å². The smallest absolute Gasteiger partial charge is 0.0477 e. The second-order valence-electron chi connectivity index (χ2n) is 3.86. The average Bonchev–Trinajstić information content (AvgIpc) is 2.19. The van der Waals surface area contributed by atoms with Gasteiger partial charge in [0.15, 0.2) is 0 Å². The Bertz CT molecular complexity index is 159. The summed E-state index contributed by atoms with van der Waals surface area (Å²) >= 11 is 6.15. The van der Waals surface area contributed by atoms with Crippen molar-refractivity contribution in [3.8, 4) is 0 Å². The number of rotatable bonds is 1. The quantitative estimate of drug-likeness (QED) is 0.627. The molecular formula is C9H18ClN3. The highest BCUT2D eigenvalue weighted by Crippen LogP contribution is 2.16. The summed E-state index contributed by atoms with van der Waals surface area (Å²) in [6, 6.07) is 0. The first kappa shape index (κ1) is 9.71. The van der Waals surface area contributed by atoms with Gasteiger partial charge in [-0.15, -0.1) is 11.6 Å².